The minimum absolute atomic E-state index is 0.243. The van der Waals surface area contributed by atoms with Crippen molar-refractivity contribution in [3.8, 4) is 0 Å². The second-order valence-electron chi connectivity index (χ2n) is 5.63. The maximum absolute atomic E-state index is 4.20. The molecule has 1 aliphatic rings. The third-order valence-electron chi connectivity index (χ3n) is 4.19. The standard InChI is InChI=1S/C17H22N2S/c1-2-3-6-9-17(13-19-11-10-18-14-19)16-8-5-4-7-15(16)12-20-17/h4-5,7-8,10-11,14H,2-3,6,9,12-13H2,1H3. The van der Waals surface area contributed by atoms with Crippen LogP contribution in [0.4, 0.5) is 0 Å². The lowest BCUT2D eigenvalue weighted by molar-refractivity contribution is 0.458. The largest absolute Gasteiger partial charge is 0.336 e. The van der Waals surface area contributed by atoms with Gasteiger partial charge in [-0.1, -0.05) is 50.5 Å². The van der Waals surface area contributed by atoms with E-state index < -0.39 is 0 Å². The Labute approximate surface area is 125 Å². The van der Waals surface area contributed by atoms with Gasteiger partial charge in [0, 0.05) is 24.7 Å². The summed E-state index contributed by atoms with van der Waals surface area (Å²) in [5.41, 5.74) is 3.07. The van der Waals surface area contributed by atoms with Crippen LogP contribution < -0.4 is 0 Å². The fraction of sp³-hybridized carbons (Fsp3) is 0.471. The van der Waals surface area contributed by atoms with Crippen LogP contribution in [0.1, 0.15) is 43.7 Å². The molecule has 2 nitrogen and oxygen atoms in total. The summed E-state index contributed by atoms with van der Waals surface area (Å²) in [6, 6.07) is 8.97. The molecule has 0 radical (unpaired) electrons. The number of benzene rings is 1. The quantitative estimate of drug-likeness (QED) is 0.722. The van der Waals surface area contributed by atoms with Gasteiger partial charge in [0.05, 0.1) is 11.1 Å². The minimum atomic E-state index is 0.243. The van der Waals surface area contributed by atoms with Crippen molar-refractivity contribution < 1.29 is 0 Å². The zero-order valence-electron chi connectivity index (χ0n) is 12.1. The van der Waals surface area contributed by atoms with Crippen LogP contribution in [0.5, 0.6) is 0 Å². The van der Waals surface area contributed by atoms with E-state index in [9.17, 15) is 0 Å². The SMILES string of the molecule is CCCCCC1(Cn2ccnc2)SCc2ccccc21. The molecular formula is C17H22N2S. The molecule has 1 unspecified atom stereocenters. The van der Waals surface area contributed by atoms with Crippen LogP contribution in [0.3, 0.4) is 0 Å². The van der Waals surface area contributed by atoms with Crippen molar-refractivity contribution in [2.75, 3.05) is 0 Å². The summed E-state index contributed by atoms with van der Waals surface area (Å²) in [5, 5.41) is 0. The summed E-state index contributed by atoms with van der Waals surface area (Å²) >= 11 is 2.12. The molecule has 1 aromatic carbocycles. The van der Waals surface area contributed by atoms with Gasteiger partial charge in [0.25, 0.3) is 0 Å². The van der Waals surface area contributed by atoms with Gasteiger partial charge in [-0.05, 0) is 17.5 Å². The summed E-state index contributed by atoms with van der Waals surface area (Å²) in [6.45, 7) is 3.32. The zero-order valence-corrected chi connectivity index (χ0v) is 12.9. The first kappa shape index (κ1) is 13.7. The van der Waals surface area contributed by atoms with Crippen molar-refractivity contribution in [2.45, 2.75) is 49.7 Å². The Balaban J connectivity index is 1.88. The average Bonchev–Trinajstić information content (AvgIpc) is 3.09. The number of aromatic nitrogens is 2. The van der Waals surface area contributed by atoms with Gasteiger partial charge in [-0.25, -0.2) is 4.98 Å². The number of unbranched alkanes of at least 4 members (excludes halogenated alkanes) is 2. The minimum Gasteiger partial charge on any atom is -0.336 e. The van der Waals surface area contributed by atoms with E-state index >= 15 is 0 Å². The average molecular weight is 286 g/mol. The van der Waals surface area contributed by atoms with Crippen LogP contribution in [-0.4, -0.2) is 9.55 Å². The molecule has 0 aliphatic carbocycles. The highest BCUT2D eigenvalue weighted by Crippen LogP contribution is 2.51. The number of rotatable bonds is 6. The van der Waals surface area contributed by atoms with Gasteiger partial charge >= 0.3 is 0 Å². The van der Waals surface area contributed by atoms with Gasteiger partial charge in [-0.3, -0.25) is 0 Å². The molecule has 0 saturated carbocycles. The van der Waals surface area contributed by atoms with Crippen molar-refractivity contribution in [3.63, 3.8) is 0 Å². The second kappa shape index (κ2) is 6.04. The number of imidazole rings is 1. The highest BCUT2D eigenvalue weighted by Gasteiger charge is 2.39. The van der Waals surface area contributed by atoms with Gasteiger partial charge in [-0.15, -0.1) is 11.8 Å². The molecule has 0 spiro atoms. The van der Waals surface area contributed by atoms with Crippen molar-refractivity contribution in [1.29, 1.82) is 0 Å². The maximum Gasteiger partial charge on any atom is 0.0946 e. The summed E-state index contributed by atoms with van der Waals surface area (Å²) in [5.74, 6) is 1.15. The van der Waals surface area contributed by atoms with E-state index in [4.69, 9.17) is 0 Å². The van der Waals surface area contributed by atoms with E-state index in [0.29, 0.717) is 0 Å². The van der Waals surface area contributed by atoms with Crippen molar-refractivity contribution in [1.82, 2.24) is 9.55 Å². The van der Waals surface area contributed by atoms with E-state index in [0.717, 1.165) is 12.3 Å². The molecule has 3 rings (SSSR count). The topological polar surface area (TPSA) is 17.8 Å². The first-order chi connectivity index (χ1) is 9.84. The monoisotopic (exact) mass is 286 g/mol. The number of hydrogen-bond acceptors (Lipinski definition) is 2. The molecule has 0 amide bonds. The molecule has 0 bridgehead atoms. The predicted molar refractivity (Wildman–Crippen MR) is 85.8 cm³/mol. The first-order valence-electron chi connectivity index (χ1n) is 7.52. The number of hydrogen-bond donors (Lipinski definition) is 0. The Morgan fingerprint density at radius 2 is 2.20 bits per heavy atom. The number of thioether (sulfide) groups is 1. The van der Waals surface area contributed by atoms with Crippen LogP contribution in [0.2, 0.25) is 0 Å². The van der Waals surface area contributed by atoms with Gasteiger partial charge in [0.1, 0.15) is 0 Å². The fourth-order valence-corrected chi connectivity index (χ4v) is 4.70. The molecule has 0 fully saturated rings. The molecular weight excluding hydrogens is 264 g/mol. The molecule has 1 aliphatic heterocycles. The van der Waals surface area contributed by atoms with Crippen LogP contribution in [0, 0.1) is 0 Å². The van der Waals surface area contributed by atoms with Gasteiger partial charge < -0.3 is 4.57 Å². The van der Waals surface area contributed by atoms with Crippen LogP contribution in [0.15, 0.2) is 43.0 Å². The summed E-state index contributed by atoms with van der Waals surface area (Å²) in [4.78, 5) is 4.20. The molecule has 1 atom stereocenters. The molecule has 1 aromatic heterocycles. The van der Waals surface area contributed by atoms with E-state index in [2.05, 4.69) is 58.7 Å². The first-order valence-corrected chi connectivity index (χ1v) is 8.51. The van der Waals surface area contributed by atoms with Gasteiger partial charge in [0.2, 0.25) is 0 Å². The van der Waals surface area contributed by atoms with Crippen molar-refractivity contribution in [2.24, 2.45) is 0 Å². The lowest BCUT2D eigenvalue weighted by atomic mass is 9.89. The third-order valence-corrected chi connectivity index (χ3v) is 5.75. The van der Waals surface area contributed by atoms with E-state index in [1.807, 2.05) is 12.5 Å². The Morgan fingerprint density at radius 1 is 1.30 bits per heavy atom. The molecule has 2 heterocycles. The van der Waals surface area contributed by atoms with Gasteiger partial charge in [0.15, 0.2) is 0 Å². The fourth-order valence-electron chi connectivity index (χ4n) is 3.14. The van der Waals surface area contributed by atoms with Crippen molar-refractivity contribution in [3.05, 3.63) is 54.1 Å². The Morgan fingerprint density at radius 3 is 3.00 bits per heavy atom. The van der Waals surface area contributed by atoms with Crippen molar-refractivity contribution >= 4 is 11.8 Å². The van der Waals surface area contributed by atoms with Crippen LogP contribution in [0.25, 0.3) is 0 Å². The summed E-state index contributed by atoms with van der Waals surface area (Å²) in [6.07, 6.45) is 11.1. The smallest absolute Gasteiger partial charge is 0.0946 e. The summed E-state index contributed by atoms with van der Waals surface area (Å²) < 4.78 is 2.48. The normalized spacial score (nSPS) is 21.1. The van der Waals surface area contributed by atoms with Gasteiger partial charge in [-0.2, -0.15) is 0 Å². The molecule has 20 heavy (non-hydrogen) atoms. The Kier molecular flexibility index (Phi) is 4.16. The second-order valence-corrected chi connectivity index (χ2v) is 6.99. The lowest BCUT2D eigenvalue weighted by Crippen LogP contribution is -2.25. The highest BCUT2D eigenvalue weighted by atomic mass is 32.2. The zero-order chi connectivity index (χ0) is 13.8. The van der Waals surface area contributed by atoms with Crippen LogP contribution in [-0.2, 0) is 17.0 Å². The van der Waals surface area contributed by atoms with Crippen LogP contribution >= 0.6 is 11.8 Å². The maximum atomic E-state index is 4.20. The Bertz CT molecular complexity index is 550. The van der Waals surface area contributed by atoms with E-state index in [-0.39, 0.29) is 4.75 Å². The Hall–Kier alpha value is -1.22. The third kappa shape index (κ3) is 2.64. The van der Waals surface area contributed by atoms with E-state index in [1.54, 1.807) is 5.56 Å². The summed E-state index contributed by atoms with van der Waals surface area (Å²) in [7, 11) is 0. The lowest BCUT2D eigenvalue weighted by Gasteiger charge is -2.30. The number of fused-ring (bicyclic) bond motifs is 1. The molecule has 0 N–H and O–H groups in total. The highest BCUT2D eigenvalue weighted by molar-refractivity contribution is 7.99. The molecule has 3 heteroatoms. The van der Waals surface area contributed by atoms with E-state index in [1.165, 1.54) is 31.2 Å². The predicted octanol–water partition coefficient (Wildman–Crippen LogP) is 4.61. The molecule has 0 saturated heterocycles. The molecule has 106 valence electrons. The number of nitrogens with zero attached hydrogens (tertiary/aromatic N) is 2. The molecule has 2 aromatic rings.